The molecule has 136 valence electrons. The summed E-state index contributed by atoms with van der Waals surface area (Å²) in [6, 6.07) is 0. The second-order valence-corrected chi connectivity index (χ2v) is 6.44. The number of hydrogen-bond donors (Lipinski definition) is 2. The molecule has 3 N–H and O–H groups in total. The van der Waals surface area contributed by atoms with Crippen molar-refractivity contribution in [2.24, 2.45) is 11.1 Å². The van der Waals surface area contributed by atoms with Gasteiger partial charge in [0.2, 0.25) is 5.91 Å². The molecule has 0 atom stereocenters. The van der Waals surface area contributed by atoms with E-state index in [0.29, 0.717) is 51.1 Å². The van der Waals surface area contributed by atoms with Gasteiger partial charge in [0.05, 0.1) is 11.6 Å². The predicted molar refractivity (Wildman–Crippen MR) is 84.2 cm³/mol. The number of rotatable bonds is 5. The van der Waals surface area contributed by atoms with Gasteiger partial charge in [-0.2, -0.15) is 13.2 Å². The Kier molecular flexibility index (Phi) is 5.57. The van der Waals surface area contributed by atoms with Crippen LogP contribution in [-0.4, -0.2) is 40.4 Å². The Morgan fingerprint density at radius 2 is 1.92 bits per heavy atom. The van der Waals surface area contributed by atoms with Crippen molar-refractivity contribution < 1.29 is 18.0 Å². The SMILES string of the molecule is CCC(CC)(CN)C(=O)N1CCC(c2ncc(C(F)(F)F)[nH]2)CC1. The van der Waals surface area contributed by atoms with Crippen LogP contribution in [0.5, 0.6) is 0 Å². The minimum absolute atomic E-state index is 0.0591. The van der Waals surface area contributed by atoms with Crippen LogP contribution in [-0.2, 0) is 11.0 Å². The van der Waals surface area contributed by atoms with Crippen molar-refractivity contribution in [1.82, 2.24) is 14.9 Å². The molecule has 1 saturated heterocycles. The number of piperidine rings is 1. The maximum atomic E-state index is 12.8. The van der Waals surface area contributed by atoms with Crippen LogP contribution in [0.4, 0.5) is 13.2 Å². The molecule has 0 radical (unpaired) electrons. The van der Waals surface area contributed by atoms with Gasteiger partial charge >= 0.3 is 6.18 Å². The van der Waals surface area contributed by atoms with Crippen LogP contribution in [0.3, 0.4) is 0 Å². The summed E-state index contributed by atoms with van der Waals surface area (Å²) < 4.78 is 37.9. The predicted octanol–water partition coefficient (Wildman–Crippen LogP) is 2.90. The van der Waals surface area contributed by atoms with E-state index in [1.807, 2.05) is 13.8 Å². The summed E-state index contributed by atoms with van der Waals surface area (Å²) in [5.74, 6) is 0.329. The van der Waals surface area contributed by atoms with E-state index in [1.165, 1.54) is 0 Å². The molecule has 24 heavy (non-hydrogen) atoms. The monoisotopic (exact) mass is 346 g/mol. The average molecular weight is 346 g/mol. The molecule has 1 amide bonds. The fourth-order valence-electron chi connectivity index (χ4n) is 3.31. The highest BCUT2D eigenvalue weighted by Crippen LogP contribution is 2.34. The Balaban J connectivity index is 2.01. The number of hydrogen-bond acceptors (Lipinski definition) is 3. The summed E-state index contributed by atoms with van der Waals surface area (Å²) in [5, 5.41) is 0. The van der Waals surface area contributed by atoms with Gasteiger partial charge in [-0.1, -0.05) is 13.8 Å². The minimum Gasteiger partial charge on any atom is -0.342 e. The fourth-order valence-corrected chi connectivity index (χ4v) is 3.31. The lowest BCUT2D eigenvalue weighted by Gasteiger charge is -2.38. The number of carbonyl (C=O) groups excluding carboxylic acids is 1. The van der Waals surface area contributed by atoms with E-state index in [9.17, 15) is 18.0 Å². The first-order valence-corrected chi connectivity index (χ1v) is 8.39. The molecule has 1 aromatic rings. The molecule has 0 spiro atoms. The number of aromatic amines is 1. The first kappa shape index (κ1) is 18.8. The van der Waals surface area contributed by atoms with Gasteiger partial charge < -0.3 is 15.6 Å². The van der Waals surface area contributed by atoms with Crippen molar-refractivity contribution in [3.05, 3.63) is 17.7 Å². The number of carbonyl (C=O) groups is 1. The number of alkyl halides is 3. The van der Waals surface area contributed by atoms with E-state index < -0.39 is 17.3 Å². The molecule has 1 aliphatic rings. The third kappa shape index (κ3) is 3.58. The number of imidazole rings is 1. The molecule has 1 fully saturated rings. The number of aromatic nitrogens is 2. The van der Waals surface area contributed by atoms with Crippen molar-refractivity contribution >= 4 is 5.91 Å². The number of halogens is 3. The highest BCUT2D eigenvalue weighted by atomic mass is 19.4. The molecule has 0 saturated carbocycles. The Labute approximate surface area is 139 Å². The lowest BCUT2D eigenvalue weighted by atomic mass is 9.80. The van der Waals surface area contributed by atoms with Gasteiger partial charge in [-0.15, -0.1) is 0 Å². The zero-order valence-electron chi connectivity index (χ0n) is 14.1. The lowest BCUT2D eigenvalue weighted by molar-refractivity contribution is -0.143. The van der Waals surface area contributed by atoms with Crippen LogP contribution in [0.15, 0.2) is 6.20 Å². The van der Waals surface area contributed by atoms with Gasteiger partial charge in [-0.05, 0) is 25.7 Å². The van der Waals surface area contributed by atoms with E-state index in [1.54, 1.807) is 4.90 Å². The molecule has 1 aromatic heterocycles. The number of nitrogens with one attached hydrogen (secondary N) is 1. The Bertz CT molecular complexity index is 550. The molecule has 0 unspecified atom stereocenters. The van der Waals surface area contributed by atoms with Gasteiger partial charge in [0.25, 0.3) is 0 Å². The summed E-state index contributed by atoms with van der Waals surface area (Å²) in [7, 11) is 0. The number of nitrogens with two attached hydrogens (primary N) is 1. The smallest absolute Gasteiger partial charge is 0.342 e. The number of likely N-dealkylation sites (tertiary alicyclic amines) is 1. The maximum Gasteiger partial charge on any atom is 0.432 e. The third-order valence-corrected chi connectivity index (χ3v) is 5.27. The van der Waals surface area contributed by atoms with Gasteiger partial charge in [0.15, 0.2) is 0 Å². The molecule has 8 heteroatoms. The first-order valence-electron chi connectivity index (χ1n) is 8.39. The van der Waals surface area contributed by atoms with E-state index in [4.69, 9.17) is 5.73 Å². The van der Waals surface area contributed by atoms with E-state index in [0.717, 1.165) is 6.20 Å². The van der Waals surface area contributed by atoms with Crippen molar-refractivity contribution in [1.29, 1.82) is 0 Å². The highest BCUT2D eigenvalue weighted by Gasteiger charge is 2.39. The summed E-state index contributed by atoms with van der Waals surface area (Å²) in [4.78, 5) is 20.8. The van der Waals surface area contributed by atoms with Crippen molar-refractivity contribution in [2.75, 3.05) is 19.6 Å². The van der Waals surface area contributed by atoms with Crippen LogP contribution in [0.1, 0.15) is 57.0 Å². The molecule has 2 heterocycles. The fraction of sp³-hybridized carbons (Fsp3) is 0.750. The van der Waals surface area contributed by atoms with Crippen molar-refractivity contribution in [3.8, 4) is 0 Å². The summed E-state index contributed by atoms with van der Waals surface area (Å²) in [6.45, 7) is 5.28. The zero-order chi connectivity index (χ0) is 18.0. The van der Waals surface area contributed by atoms with E-state index in [-0.39, 0.29) is 11.8 Å². The van der Waals surface area contributed by atoms with Crippen LogP contribution in [0.25, 0.3) is 0 Å². The van der Waals surface area contributed by atoms with Crippen molar-refractivity contribution in [3.63, 3.8) is 0 Å². The lowest BCUT2D eigenvalue weighted by Crippen LogP contribution is -2.50. The third-order valence-electron chi connectivity index (χ3n) is 5.27. The quantitative estimate of drug-likeness (QED) is 0.861. The summed E-state index contributed by atoms with van der Waals surface area (Å²) in [5.41, 5.74) is 4.48. The maximum absolute atomic E-state index is 12.8. The second kappa shape index (κ2) is 7.13. The highest BCUT2D eigenvalue weighted by molar-refractivity contribution is 5.83. The van der Waals surface area contributed by atoms with Gasteiger partial charge in [-0.3, -0.25) is 4.79 Å². The minimum atomic E-state index is -4.41. The molecule has 2 rings (SSSR count). The summed E-state index contributed by atoms with van der Waals surface area (Å²) in [6.07, 6.45) is -1.00. The number of H-pyrrole nitrogens is 1. The largest absolute Gasteiger partial charge is 0.432 e. The molecule has 0 aliphatic carbocycles. The Morgan fingerprint density at radius 1 is 1.33 bits per heavy atom. The molecular formula is C16H25F3N4O. The van der Waals surface area contributed by atoms with Crippen LogP contribution < -0.4 is 5.73 Å². The van der Waals surface area contributed by atoms with E-state index >= 15 is 0 Å². The average Bonchev–Trinajstić information content (AvgIpc) is 3.07. The van der Waals surface area contributed by atoms with Crippen LogP contribution in [0.2, 0.25) is 0 Å². The second-order valence-electron chi connectivity index (χ2n) is 6.44. The topological polar surface area (TPSA) is 75.0 Å². The Hall–Kier alpha value is -1.57. The number of nitrogens with zero attached hydrogens (tertiary/aromatic N) is 2. The van der Waals surface area contributed by atoms with Crippen LogP contribution in [0, 0.1) is 5.41 Å². The van der Waals surface area contributed by atoms with Gasteiger partial charge in [0.1, 0.15) is 11.5 Å². The Morgan fingerprint density at radius 3 is 2.33 bits per heavy atom. The normalized spacial score (nSPS) is 17.3. The first-order chi connectivity index (χ1) is 11.3. The summed E-state index contributed by atoms with van der Waals surface area (Å²) >= 11 is 0. The van der Waals surface area contributed by atoms with Gasteiger partial charge in [-0.25, -0.2) is 4.98 Å². The van der Waals surface area contributed by atoms with Gasteiger partial charge in [0, 0.05) is 25.6 Å². The van der Waals surface area contributed by atoms with E-state index in [2.05, 4.69) is 9.97 Å². The molecule has 0 aromatic carbocycles. The van der Waals surface area contributed by atoms with Crippen molar-refractivity contribution in [2.45, 2.75) is 51.6 Å². The number of amides is 1. The standard InChI is InChI=1S/C16H25F3N4O/c1-3-15(4-2,10-20)14(24)23-7-5-11(6-8-23)13-21-9-12(22-13)16(17,18)19/h9,11H,3-8,10,20H2,1-2H3,(H,21,22). The molecular weight excluding hydrogens is 321 g/mol. The van der Waals surface area contributed by atoms with Crippen LogP contribution >= 0.6 is 0 Å². The molecule has 0 bridgehead atoms. The zero-order valence-corrected chi connectivity index (χ0v) is 14.1. The molecule has 5 nitrogen and oxygen atoms in total. The molecule has 1 aliphatic heterocycles.